The normalized spacial score (nSPS) is 11.6. The van der Waals surface area contributed by atoms with Gasteiger partial charge in [0.1, 0.15) is 15.5 Å². The topological polar surface area (TPSA) is 81.3 Å². The summed E-state index contributed by atoms with van der Waals surface area (Å²) in [4.78, 5) is 32.2. The number of aromatic amines is 1. The maximum Gasteiger partial charge on any atom is 0.348 e. The van der Waals surface area contributed by atoms with Gasteiger partial charge in [-0.2, -0.15) is 0 Å². The van der Waals surface area contributed by atoms with Crippen molar-refractivity contribution in [3.8, 4) is 5.75 Å². The molecule has 8 heteroatoms. The fraction of sp³-hybridized carbons (Fsp3) is 0.211. The van der Waals surface area contributed by atoms with Crippen molar-refractivity contribution in [2.24, 2.45) is 0 Å². The third-order valence-electron chi connectivity index (χ3n) is 3.88. The number of fused-ring (bicyclic) bond motifs is 1. The predicted octanol–water partition coefficient (Wildman–Crippen LogP) is 4.22. The number of rotatable bonds is 5. The van der Waals surface area contributed by atoms with E-state index < -0.39 is 5.97 Å². The molecule has 0 aliphatic carbocycles. The number of carbonyl (C=O) groups excluding carboxylic acids is 1. The molecule has 0 radical (unpaired) electrons. The second-order valence-corrected chi connectivity index (χ2v) is 7.04. The number of ether oxygens (including phenoxy) is 2. The van der Waals surface area contributed by atoms with Crippen molar-refractivity contribution in [2.45, 2.75) is 13.8 Å². The fourth-order valence-corrected chi connectivity index (χ4v) is 3.90. The molecule has 2 heterocycles. The number of methoxy groups -OCH3 is 1. The van der Waals surface area contributed by atoms with E-state index in [1.165, 1.54) is 7.11 Å². The van der Waals surface area contributed by atoms with Crippen LogP contribution in [0.3, 0.4) is 0 Å². The Morgan fingerprint density at radius 3 is 2.67 bits per heavy atom. The lowest BCUT2D eigenvalue weighted by molar-refractivity contribution is 0.0605. The van der Waals surface area contributed by atoms with Crippen LogP contribution in [0.1, 0.15) is 33.5 Å². The Balaban J connectivity index is 2.01. The first-order valence-corrected chi connectivity index (χ1v) is 9.36. The lowest BCUT2D eigenvalue weighted by Crippen LogP contribution is -2.10. The Morgan fingerprint density at radius 1 is 1.33 bits per heavy atom. The standard InChI is InChI=1S/C19H17ClN2O4S/c1-4-26-12-7-5-11(6-8-12)9-13(20)16-21-17(23)14-10(2)15(19(24)25-3)27-18(14)22-16/h5-9H,4H2,1-3H3,(H,21,22,23)/b13-9-. The zero-order valence-electron chi connectivity index (χ0n) is 15.0. The molecule has 0 aliphatic heterocycles. The van der Waals surface area contributed by atoms with Gasteiger partial charge >= 0.3 is 5.97 Å². The summed E-state index contributed by atoms with van der Waals surface area (Å²) in [6.07, 6.45) is 1.70. The number of H-pyrrole nitrogens is 1. The van der Waals surface area contributed by atoms with E-state index in [1.54, 1.807) is 13.0 Å². The Kier molecular flexibility index (Phi) is 5.62. The van der Waals surface area contributed by atoms with E-state index in [-0.39, 0.29) is 16.4 Å². The Bertz CT molecular complexity index is 1080. The third kappa shape index (κ3) is 3.89. The maximum absolute atomic E-state index is 12.5. The van der Waals surface area contributed by atoms with Crippen LogP contribution in [0.4, 0.5) is 0 Å². The molecule has 0 amide bonds. The monoisotopic (exact) mass is 404 g/mol. The fourth-order valence-electron chi connectivity index (χ4n) is 2.59. The summed E-state index contributed by atoms with van der Waals surface area (Å²) in [7, 11) is 1.30. The second kappa shape index (κ2) is 7.94. The average molecular weight is 405 g/mol. The van der Waals surface area contributed by atoms with E-state index in [0.717, 1.165) is 22.6 Å². The van der Waals surface area contributed by atoms with Crippen molar-refractivity contribution in [1.29, 1.82) is 0 Å². The maximum atomic E-state index is 12.5. The number of nitrogens with one attached hydrogen (secondary N) is 1. The van der Waals surface area contributed by atoms with Gasteiger partial charge in [0.25, 0.3) is 5.56 Å². The van der Waals surface area contributed by atoms with Crippen molar-refractivity contribution in [1.82, 2.24) is 9.97 Å². The molecule has 140 valence electrons. The van der Waals surface area contributed by atoms with Gasteiger partial charge in [-0.1, -0.05) is 23.7 Å². The summed E-state index contributed by atoms with van der Waals surface area (Å²) in [6.45, 7) is 4.20. The van der Waals surface area contributed by atoms with Gasteiger partial charge in [-0.3, -0.25) is 4.79 Å². The van der Waals surface area contributed by atoms with Gasteiger partial charge < -0.3 is 14.5 Å². The molecule has 0 saturated carbocycles. The van der Waals surface area contributed by atoms with Crippen LogP contribution < -0.4 is 10.3 Å². The summed E-state index contributed by atoms with van der Waals surface area (Å²) in [5.74, 6) is 0.510. The number of benzene rings is 1. The van der Waals surface area contributed by atoms with Crippen molar-refractivity contribution >= 4 is 50.2 Å². The van der Waals surface area contributed by atoms with Gasteiger partial charge in [-0.25, -0.2) is 9.78 Å². The average Bonchev–Trinajstić information content (AvgIpc) is 3.00. The minimum Gasteiger partial charge on any atom is -0.494 e. The highest BCUT2D eigenvalue weighted by atomic mass is 35.5. The largest absolute Gasteiger partial charge is 0.494 e. The number of nitrogens with zero attached hydrogens (tertiary/aromatic N) is 1. The smallest absolute Gasteiger partial charge is 0.348 e. The van der Waals surface area contributed by atoms with Gasteiger partial charge in [0.2, 0.25) is 0 Å². The summed E-state index contributed by atoms with van der Waals surface area (Å²) < 4.78 is 10.2. The molecule has 0 bridgehead atoms. The molecule has 0 fully saturated rings. The van der Waals surface area contributed by atoms with E-state index in [4.69, 9.17) is 21.1 Å². The van der Waals surface area contributed by atoms with Crippen LogP contribution in [0.15, 0.2) is 29.1 Å². The highest BCUT2D eigenvalue weighted by molar-refractivity contribution is 7.20. The van der Waals surface area contributed by atoms with E-state index >= 15 is 0 Å². The zero-order chi connectivity index (χ0) is 19.6. The minimum atomic E-state index is -0.493. The molecule has 3 rings (SSSR count). The van der Waals surface area contributed by atoms with E-state index in [1.807, 2.05) is 31.2 Å². The van der Waals surface area contributed by atoms with Crippen LogP contribution >= 0.6 is 22.9 Å². The number of esters is 1. The summed E-state index contributed by atoms with van der Waals surface area (Å²) >= 11 is 7.47. The van der Waals surface area contributed by atoms with Crippen LogP contribution in [0.2, 0.25) is 0 Å². The van der Waals surface area contributed by atoms with Crippen molar-refractivity contribution in [2.75, 3.05) is 13.7 Å². The molecule has 0 saturated heterocycles. The third-order valence-corrected chi connectivity index (χ3v) is 5.34. The summed E-state index contributed by atoms with van der Waals surface area (Å²) in [6, 6.07) is 7.39. The molecule has 0 unspecified atom stereocenters. The van der Waals surface area contributed by atoms with Crippen LogP contribution in [0.5, 0.6) is 5.75 Å². The first kappa shape index (κ1) is 19.1. The van der Waals surface area contributed by atoms with Crippen LogP contribution in [0.25, 0.3) is 21.3 Å². The molecule has 0 spiro atoms. The molecule has 3 aromatic rings. The number of halogens is 1. The molecule has 6 nitrogen and oxygen atoms in total. The molecule has 1 aromatic carbocycles. The van der Waals surface area contributed by atoms with Crippen LogP contribution in [-0.4, -0.2) is 29.7 Å². The number of aryl methyl sites for hydroxylation is 1. The number of carbonyl (C=O) groups is 1. The van der Waals surface area contributed by atoms with Crippen LogP contribution in [-0.2, 0) is 4.74 Å². The zero-order valence-corrected chi connectivity index (χ0v) is 16.5. The predicted molar refractivity (Wildman–Crippen MR) is 108 cm³/mol. The highest BCUT2D eigenvalue weighted by Crippen LogP contribution is 2.29. The number of aromatic nitrogens is 2. The van der Waals surface area contributed by atoms with Crippen molar-refractivity contribution < 1.29 is 14.3 Å². The summed E-state index contributed by atoms with van der Waals surface area (Å²) in [5.41, 5.74) is 1.04. The van der Waals surface area contributed by atoms with E-state index in [9.17, 15) is 9.59 Å². The van der Waals surface area contributed by atoms with Gasteiger partial charge in [-0.05, 0) is 43.2 Å². The first-order chi connectivity index (χ1) is 12.9. The molecule has 0 atom stereocenters. The quantitative estimate of drug-likeness (QED) is 0.644. The number of hydrogen-bond acceptors (Lipinski definition) is 6. The molecule has 27 heavy (non-hydrogen) atoms. The van der Waals surface area contributed by atoms with Gasteiger partial charge in [0.15, 0.2) is 5.82 Å². The minimum absolute atomic E-state index is 0.237. The van der Waals surface area contributed by atoms with Gasteiger partial charge in [0.05, 0.1) is 24.1 Å². The second-order valence-electron chi connectivity index (χ2n) is 5.64. The lowest BCUT2D eigenvalue weighted by atomic mass is 10.2. The number of hydrogen-bond donors (Lipinski definition) is 1. The Labute approximate surface area is 164 Å². The van der Waals surface area contributed by atoms with Gasteiger partial charge in [-0.15, -0.1) is 11.3 Å². The SMILES string of the molecule is CCOc1ccc(/C=C(\Cl)c2nc3sc(C(=O)OC)c(C)c3c(=O)[nH]2)cc1. The van der Waals surface area contributed by atoms with Crippen molar-refractivity contribution in [3.63, 3.8) is 0 Å². The molecule has 2 aromatic heterocycles. The highest BCUT2D eigenvalue weighted by Gasteiger charge is 2.20. The van der Waals surface area contributed by atoms with E-state index in [0.29, 0.717) is 27.3 Å². The van der Waals surface area contributed by atoms with Crippen molar-refractivity contribution in [3.05, 3.63) is 56.4 Å². The van der Waals surface area contributed by atoms with Crippen LogP contribution in [0, 0.1) is 6.92 Å². The lowest BCUT2D eigenvalue weighted by Gasteiger charge is -2.03. The molecular weight excluding hydrogens is 388 g/mol. The Hall–Kier alpha value is -2.64. The molecule has 0 aliphatic rings. The molecule has 1 N–H and O–H groups in total. The number of thiophene rings is 1. The van der Waals surface area contributed by atoms with Gasteiger partial charge in [0, 0.05) is 0 Å². The first-order valence-electron chi connectivity index (χ1n) is 8.16. The van der Waals surface area contributed by atoms with E-state index in [2.05, 4.69) is 9.97 Å². The Morgan fingerprint density at radius 2 is 2.04 bits per heavy atom. The molecular formula is C19H17ClN2O4S. The summed E-state index contributed by atoms with van der Waals surface area (Å²) in [5, 5.41) is 0.651.